The summed E-state index contributed by atoms with van der Waals surface area (Å²) in [6.07, 6.45) is -37.9. The van der Waals surface area contributed by atoms with Gasteiger partial charge >= 0.3 is 116 Å². The van der Waals surface area contributed by atoms with Gasteiger partial charge in [-0.3, -0.25) is 0 Å². The van der Waals surface area contributed by atoms with E-state index in [1.165, 1.54) is 0 Å². The van der Waals surface area contributed by atoms with Crippen LogP contribution in [0.5, 0.6) is 0 Å². The molecule has 0 heterocycles. The molecule has 0 aromatic rings. The van der Waals surface area contributed by atoms with Gasteiger partial charge in [0, 0.05) is 0 Å². The zero-order valence-electron chi connectivity index (χ0n) is 24.1. The summed E-state index contributed by atoms with van der Waals surface area (Å²) in [5, 5.41) is 0. The number of hydrogen-bond donors (Lipinski definition) is 0. The highest BCUT2D eigenvalue weighted by Crippen LogP contribution is 2.73. The summed E-state index contributed by atoms with van der Waals surface area (Å²) in [7, 11) is -18.3. The molecule has 0 fully saturated rings. The molecule has 0 saturated heterocycles. The van der Waals surface area contributed by atoms with Crippen LogP contribution in [-0.2, 0) is 29.4 Å². The molecule has 0 saturated carbocycles. The molecule has 0 radical (unpaired) electrons. The Bertz CT molecular complexity index is 1630. The Morgan fingerprint density at radius 3 is 0.517 bits per heavy atom. The molecule has 2 atom stereocenters. The predicted molar refractivity (Wildman–Crippen MR) is 101 cm³/mol. The molecule has 58 heavy (non-hydrogen) atoms. The van der Waals surface area contributed by atoms with Crippen molar-refractivity contribution in [3.63, 3.8) is 0 Å². The fourth-order valence-electron chi connectivity index (χ4n) is 3.54. The van der Waals surface area contributed by atoms with Gasteiger partial charge in [0.25, 0.3) is 0 Å². The Hall–Kier alpha value is -2.56. The van der Waals surface area contributed by atoms with E-state index in [1.807, 2.05) is 0 Å². The van der Waals surface area contributed by atoms with Crippen LogP contribution in [0.3, 0.4) is 0 Å². The summed E-state index contributed by atoms with van der Waals surface area (Å²) in [6, 6.07) is 0. The Kier molecular flexibility index (Phi) is 12.9. The summed E-state index contributed by atoms with van der Waals surface area (Å²) in [5.41, 5.74) is -22.9. The topological polar surface area (TPSA) is 86.7 Å². The van der Waals surface area contributed by atoms with Gasteiger partial charge in [-0.2, -0.15) is 157 Å². The summed E-state index contributed by atoms with van der Waals surface area (Å²) >= 11 is 0. The fourth-order valence-corrected chi connectivity index (χ4v) is 4.27. The minimum atomic E-state index is -11.5. The Labute approximate surface area is 290 Å². The lowest BCUT2D eigenvalue weighted by molar-refractivity contribution is -0.510. The second-order valence-corrected chi connectivity index (χ2v) is 11.9. The molecule has 350 valence electrons. The van der Waals surface area contributed by atoms with Gasteiger partial charge in [-0.25, -0.2) is 8.78 Å². The van der Waals surface area contributed by atoms with Crippen LogP contribution in [0.15, 0.2) is 0 Å². The van der Waals surface area contributed by atoms with Crippen molar-refractivity contribution < 1.29 is 173 Å². The summed E-state index contributed by atoms with van der Waals surface area (Å²) in [4.78, 5) is 0. The van der Waals surface area contributed by atoms with Crippen molar-refractivity contribution in [1.82, 2.24) is 0 Å². The van der Waals surface area contributed by atoms with Crippen LogP contribution in [0.25, 0.3) is 0 Å². The molecular weight excluding hydrogens is 998 g/mol. The Balaban J connectivity index is 9.68. The van der Waals surface area contributed by atoms with E-state index in [1.54, 1.807) is 0 Å². The van der Waals surface area contributed by atoms with E-state index in [2.05, 4.69) is 0 Å². The van der Waals surface area contributed by atoms with Crippen molar-refractivity contribution in [2.45, 2.75) is 95.1 Å². The van der Waals surface area contributed by atoms with Gasteiger partial charge < -0.3 is 0 Å². The first-order valence-corrected chi connectivity index (χ1v) is 14.1. The largest absolute Gasteiger partial charge is 0.460 e. The van der Waals surface area contributed by atoms with E-state index < -0.39 is 116 Å². The van der Waals surface area contributed by atoms with Crippen molar-refractivity contribution >= 4 is 21.0 Å². The van der Waals surface area contributed by atoms with Crippen molar-refractivity contribution in [3.8, 4) is 0 Å². The molecule has 0 aliphatic heterocycles. The maximum atomic E-state index is 15.7. The fraction of sp³-hybridized carbons (Fsp3) is 1.00. The summed E-state index contributed by atoms with van der Waals surface area (Å²) in [6.45, 7) is 0. The molecule has 0 bridgehead atoms. The minimum absolute atomic E-state index is 0.691. The SMILES string of the molecule is O=S(=O)(F)OC(F)(F)C(F)(C(F)(F)C(F)(F)C(F)(F)C(F)(F)C(F)(F)C(F)(F)F)C(F)(C(F)(F)OS(=O)(=O)F)C(F)(F)C(F)(F)C(F)(F)C(F)(F)C(F)(F)C(F)(F)F. The summed E-state index contributed by atoms with van der Waals surface area (Å²) < 4.78 is 511. The first-order chi connectivity index (χ1) is 24.2. The average molecular weight is 998 g/mol. The van der Waals surface area contributed by atoms with Gasteiger partial charge in [0.15, 0.2) is 0 Å². The third-order valence-corrected chi connectivity index (χ3v) is 7.23. The lowest BCUT2D eigenvalue weighted by Crippen LogP contribution is -2.88. The normalized spacial score (nSPS) is 18.9. The first kappa shape index (κ1) is 55.4. The van der Waals surface area contributed by atoms with Crippen LogP contribution >= 0.6 is 0 Å². The van der Waals surface area contributed by atoms with E-state index in [-0.39, 0.29) is 0 Å². The minimum Gasteiger partial charge on any atom is -0.223 e. The zero-order valence-corrected chi connectivity index (χ0v) is 25.7. The summed E-state index contributed by atoms with van der Waals surface area (Å²) in [5.74, 6) is -103. The monoisotopic (exact) mass is 998 g/mol. The molecule has 0 aliphatic rings. The van der Waals surface area contributed by atoms with E-state index in [9.17, 15) is 156 Å². The highest BCUT2D eigenvalue weighted by Gasteiger charge is 3.06. The molecule has 42 heteroatoms. The lowest BCUT2D eigenvalue weighted by atomic mass is 9.68. The molecule has 0 amide bonds. The van der Waals surface area contributed by atoms with Gasteiger partial charge in [-0.15, -0.1) is 0 Å². The number of halogens is 34. The molecule has 0 spiro atoms. The Morgan fingerprint density at radius 1 is 0.241 bits per heavy atom. The van der Waals surface area contributed by atoms with E-state index in [0.717, 1.165) is 0 Å². The highest BCUT2D eigenvalue weighted by atomic mass is 32.3. The van der Waals surface area contributed by atoms with Crippen LogP contribution in [0.4, 0.5) is 148 Å². The van der Waals surface area contributed by atoms with Gasteiger partial charge in [-0.1, -0.05) is 7.77 Å². The molecule has 0 aromatic heterocycles. The van der Waals surface area contributed by atoms with Crippen LogP contribution in [0.1, 0.15) is 0 Å². The number of hydrogen-bond acceptors (Lipinski definition) is 6. The van der Waals surface area contributed by atoms with Crippen LogP contribution < -0.4 is 0 Å². The number of rotatable bonds is 17. The third kappa shape index (κ3) is 7.04. The first-order valence-electron chi connectivity index (χ1n) is 11.5. The van der Waals surface area contributed by atoms with Crippen molar-refractivity contribution in [2.75, 3.05) is 0 Å². The van der Waals surface area contributed by atoms with Crippen LogP contribution in [-0.4, -0.2) is 112 Å². The van der Waals surface area contributed by atoms with Crippen molar-refractivity contribution in [2.24, 2.45) is 0 Å². The standard InChI is InChI=1S/C16F34O6S2/c17-1(15(45,46)55-57(49,51)52,3(19,20)5(23,24)7(27,28)9(31,32)11(35,36)13(39,40)41)2(18,16(47,48)56-58(50,53)54)4(21,22)6(25,26)8(29,30)10(33,34)12(37,38)14(42,43)44. The lowest BCUT2D eigenvalue weighted by Gasteiger charge is -2.53. The predicted octanol–water partition coefficient (Wildman–Crippen LogP) is 9.53. The maximum Gasteiger partial charge on any atom is 0.460 e. The van der Waals surface area contributed by atoms with Crippen LogP contribution in [0, 0.1) is 0 Å². The van der Waals surface area contributed by atoms with Gasteiger partial charge in [0.05, 0.1) is 0 Å². The molecule has 2 unspecified atom stereocenters. The molecule has 0 aromatic carbocycles. The van der Waals surface area contributed by atoms with Gasteiger partial charge in [0.2, 0.25) is 0 Å². The van der Waals surface area contributed by atoms with E-state index >= 15 is 8.78 Å². The van der Waals surface area contributed by atoms with Crippen molar-refractivity contribution in [3.05, 3.63) is 0 Å². The van der Waals surface area contributed by atoms with E-state index in [0.29, 0.717) is 8.37 Å². The highest BCUT2D eigenvalue weighted by molar-refractivity contribution is 7.81. The molecule has 0 N–H and O–H groups in total. The Morgan fingerprint density at radius 2 is 0.379 bits per heavy atom. The molecule has 0 rings (SSSR count). The second kappa shape index (κ2) is 13.5. The zero-order chi connectivity index (χ0) is 48.4. The van der Waals surface area contributed by atoms with Crippen molar-refractivity contribution in [1.29, 1.82) is 0 Å². The average Bonchev–Trinajstić information content (AvgIpc) is 2.91. The van der Waals surface area contributed by atoms with Gasteiger partial charge in [-0.05, 0) is 0 Å². The molecule has 0 aliphatic carbocycles. The molecular formula is C16F34O6S2. The molecule has 6 nitrogen and oxygen atoms in total. The maximum absolute atomic E-state index is 15.7. The third-order valence-electron chi connectivity index (χ3n) is 6.42. The van der Waals surface area contributed by atoms with E-state index in [4.69, 9.17) is 0 Å². The smallest absolute Gasteiger partial charge is 0.223 e. The quantitative estimate of drug-likeness (QED) is 0.107. The van der Waals surface area contributed by atoms with Crippen LogP contribution in [0.2, 0.25) is 0 Å². The number of alkyl halides is 32. The second-order valence-electron chi connectivity index (χ2n) is 10.0. The van der Waals surface area contributed by atoms with Gasteiger partial charge in [0.1, 0.15) is 0 Å².